The number of aliphatic hydroxyl groups is 5. The molecule has 0 aromatic carbocycles. The maximum Gasteiger partial charge on any atom is 0.187 e. The smallest absolute Gasteiger partial charge is 0.187 e. The highest BCUT2D eigenvalue weighted by Crippen LogP contribution is 2.41. The molecule has 0 unspecified atom stereocenters. The number of hydrogen-bond donors (Lipinski definition) is 5. The summed E-state index contributed by atoms with van der Waals surface area (Å²) in [5.74, 6) is -0.0552. The molecule has 0 amide bonds. The predicted octanol–water partition coefficient (Wildman–Crippen LogP) is 1.02. The van der Waals surface area contributed by atoms with Gasteiger partial charge in [-0.05, 0) is 64.4 Å². The lowest BCUT2D eigenvalue weighted by Crippen LogP contribution is -2.60. The Labute approximate surface area is 167 Å². The second-order valence-corrected chi connectivity index (χ2v) is 8.66. The van der Waals surface area contributed by atoms with Crippen molar-refractivity contribution in [3.05, 3.63) is 24.3 Å². The Morgan fingerprint density at radius 1 is 1.25 bits per heavy atom. The first-order chi connectivity index (χ1) is 13.0. The van der Waals surface area contributed by atoms with E-state index in [1.165, 1.54) is 0 Å². The van der Waals surface area contributed by atoms with Crippen LogP contribution in [0.4, 0.5) is 0 Å². The first kappa shape index (κ1) is 23.5. The molecule has 0 aromatic rings. The average molecular weight is 401 g/mol. The van der Waals surface area contributed by atoms with Crippen LogP contribution in [0.5, 0.6) is 0 Å². The van der Waals surface area contributed by atoms with E-state index in [1.54, 1.807) is 13.8 Å². The first-order valence-corrected chi connectivity index (χ1v) is 10.0. The molecule has 1 saturated carbocycles. The maximum atomic E-state index is 10.4. The molecule has 7 heteroatoms. The summed E-state index contributed by atoms with van der Waals surface area (Å²) in [7, 11) is 0. The van der Waals surface area contributed by atoms with Gasteiger partial charge < -0.3 is 35.0 Å². The summed E-state index contributed by atoms with van der Waals surface area (Å²) in [5.41, 5.74) is 0.619. The van der Waals surface area contributed by atoms with Gasteiger partial charge in [-0.2, -0.15) is 0 Å². The van der Waals surface area contributed by atoms with E-state index >= 15 is 0 Å². The van der Waals surface area contributed by atoms with Gasteiger partial charge >= 0.3 is 0 Å². The monoisotopic (exact) mass is 400 g/mol. The van der Waals surface area contributed by atoms with Gasteiger partial charge in [-0.15, -0.1) is 0 Å². The molecule has 0 aromatic heterocycles. The van der Waals surface area contributed by atoms with E-state index in [1.807, 2.05) is 6.92 Å². The summed E-state index contributed by atoms with van der Waals surface area (Å²) < 4.78 is 11.8. The molecule has 1 saturated heterocycles. The minimum Gasteiger partial charge on any atom is -0.389 e. The van der Waals surface area contributed by atoms with Crippen molar-refractivity contribution in [2.75, 3.05) is 0 Å². The third kappa shape index (κ3) is 5.21. The van der Waals surface area contributed by atoms with Crippen molar-refractivity contribution < 1.29 is 35.0 Å². The fourth-order valence-corrected chi connectivity index (χ4v) is 4.04. The second kappa shape index (κ2) is 9.34. The fraction of sp³-hybridized carbons (Fsp3) is 0.810. The summed E-state index contributed by atoms with van der Waals surface area (Å²) >= 11 is 0. The van der Waals surface area contributed by atoms with Crippen LogP contribution >= 0.6 is 0 Å². The zero-order valence-corrected chi connectivity index (χ0v) is 17.1. The number of rotatable bonds is 7. The fourth-order valence-electron chi connectivity index (χ4n) is 4.04. The molecular formula is C21H36O7. The lowest BCUT2D eigenvalue weighted by molar-refractivity contribution is -0.327. The Kier molecular flexibility index (Phi) is 7.83. The van der Waals surface area contributed by atoms with Crippen LogP contribution in [0.25, 0.3) is 0 Å². The quantitative estimate of drug-likeness (QED) is 0.405. The molecule has 1 aliphatic carbocycles. The topological polar surface area (TPSA) is 120 Å². The normalized spacial score (nSPS) is 40.0. The van der Waals surface area contributed by atoms with Crippen LogP contribution in [0.1, 0.15) is 52.9 Å². The van der Waals surface area contributed by atoms with Crippen LogP contribution in [0.2, 0.25) is 0 Å². The number of aliphatic hydroxyl groups excluding tert-OH is 5. The van der Waals surface area contributed by atoms with Crippen molar-refractivity contribution in [3.63, 3.8) is 0 Å². The van der Waals surface area contributed by atoms with Gasteiger partial charge in [0.05, 0.1) is 23.9 Å². The van der Waals surface area contributed by atoms with Crippen LogP contribution in [0.15, 0.2) is 24.3 Å². The van der Waals surface area contributed by atoms with E-state index in [0.717, 1.165) is 12.0 Å². The molecule has 7 nitrogen and oxygen atoms in total. The van der Waals surface area contributed by atoms with Crippen molar-refractivity contribution in [2.24, 2.45) is 5.92 Å². The molecule has 162 valence electrons. The SMILES string of the molecule is C=C(C)[C@H](O)CC[C@](C)(O[C@@H]1O[C@H](C)[C@H](O)[C@H](O)[C@H]1O)[C@H]1CCC(=C)[C@@H](O)C1. The number of hydrogen-bond acceptors (Lipinski definition) is 7. The lowest BCUT2D eigenvalue weighted by atomic mass is 9.73. The largest absolute Gasteiger partial charge is 0.389 e. The Bertz CT molecular complexity index is 565. The van der Waals surface area contributed by atoms with Crippen molar-refractivity contribution in [1.29, 1.82) is 0 Å². The third-order valence-corrected chi connectivity index (χ3v) is 6.33. The highest BCUT2D eigenvalue weighted by Gasteiger charge is 2.47. The average Bonchev–Trinajstić information content (AvgIpc) is 2.64. The van der Waals surface area contributed by atoms with Crippen molar-refractivity contribution in [3.8, 4) is 0 Å². The highest BCUT2D eigenvalue weighted by atomic mass is 16.7. The van der Waals surface area contributed by atoms with Gasteiger partial charge in [0.2, 0.25) is 0 Å². The van der Waals surface area contributed by atoms with Gasteiger partial charge in [-0.3, -0.25) is 0 Å². The third-order valence-electron chi connectivity index (χ3n) is 6.33. The highest BCUT2D eigenvalue weighted by molar-refractivity contribution is 5.09. The van der Waals surface area contributed by atoms with Gasteiger partial charge in [0.25, 0.3) is 0 Å². The molecular weight excluding hydrogens is 364 g/mol. The Hall–Kier alpha value is -0.800. The van der Waals surface area contributed by atoms with Crippen LogP contribution in [-0.2, 0) is 9.47 Å². The molecule has 1 heterocycles. The maximum absolute atomic E-state index is 10.4. The van der Waals surface area contributed by atoms with Gasteiger partial charge in [-0.1, -0.05) is 18.7 Å². The summed E-state index contributed by atoms with van der Waals surface area (Å²) in [6.07, 6.45) is -4.39. The Morgan fingerprint density at radius 2 is 1.89 bits per heavy atom. The first-order valence-electron chi connectivity index (χ1n) is 10.0. The van der Waals surface area contributed by atoms with Gasteiger partial charge in [0, 0.05) is 0 Å². The van der Waals surface area contributed by atoms with Crippen LogP contribution in [0.3, 0.4) is 0 Å². The van der Waals surface area contributed by atoms with E-state index < -0.39 is 48.5 Å². The zero-order valence-electron chi connectivity index (χ0n) is 17.1. The van der Waals surface area contributed by atoms with E-state index in [-0.39, 0.29) is 5.92 Å². The van der Waals surface area contributed by atoms with Crippen molar-refractivity contribution in [1.82, 2.24) is 0 Å². The standard InChI is InChI=1S/C21H36O7/c1-11(2)15(22)8-9-21(5,14-7-6-12(3)16(23)10-14)28-20-19(26)18(25)17(24)13(4)27-20/h13-20,22-26H,1,3,6-10H2,2,4-5H3/t13-,14+,15-,16+,17+,18+,19-,20+,21+/m1/s1. The minimum absolute atomic E-state index is 0.0552. The molecule has 2 aliphatic rings. The van der Waals surface area contributed by atoms with Crippen molar-refractivity contribution in [2.45, 2.75) is 101 Å². The summed E-state index contributed by atoms with van der Waals surface area (Å²) in [6, 6.07) is 0. The zero-order chi connectivity index (χ0) is 21.2. The number of ether oxygens (including phenoxy) is 2. The van der Waals surface area contributed by atoms with Crippen molar-refractivity contribution >= 4 is 0 Å². The van der Waals surface area contributed by atoms with Crippen LogP contribution < -0.4 is 0 Å². The predicted molar refractivity (Wildman–Crippen MR) is 104 cm³/mol. The van der Waals surface area contributed by atoms with Gasteiger partial charge in [-0.25, -0.2) is 0 Å². The molecule has 0 spiro atoms. The summed E-state index contributed by atoms with van der Waals surface area (Å²) in [6.45, 7) is 12.9. The molecule has 1 aliphatic heterocycles. The molecule has 28 heavy (non-hydrogen) atoms. The molecule has 0 radical (unpaired) electrons. The molecule has 2 fully saturated rings. The van der Waals surface area contributed by atoms with E-state index in [9.17, 15) is 25.5 Å². The van der Waals surface area contributed by atoms with E-state index in [2.05, 4.69) is 13.2 Å². The van der Waals surface area contributed by atoms with Gasteiger partial charge in [0.1, 0.15) is 18.3 Å². The summed E-state index contributed by atoms with van der Waals surface area (Å²) in [5, 5.41) is 50.8. The molecule has 2 rings (SSSR count). The molecule has 9 atom stereocenters. The molecule has 0 bridgehead atoms. The summed E-state index contributed by atoms with van der Waals surface area (Å²) in [4.78, 5) is 0. The second-order valence-electron chi connectivity index (χ2n) is 8.66. The van der Waals surface area contributed by atoms with Gasteiger partial charge in [0.15, 0.2) is 6.29 Å². The lowest BCUT2D eigenvalue weighted by Gasteiger charge is -2.47. The molecule has 5 N–H and O–H groups in total. The van der Waals surface area contributed by atoms with E-state index in [0.29, 0.717) is 31.3 Å². The van der Waals surface area contributed by atoms with E-state index in [4.69, 9.17) is 9.47 Å². The van der Waals surface area contributed by atoms with Crippen LogP contribution in [0, 0.1) is 5.92 Å². The van der Waals surface area contributed by atoms with Crippen LogP contribution in [-0.4, -0.2) is 74.0 Å². The Balaban J connectivity index is 2.19. The Morgan fingerprint density at radius 3 is 2.46 bits per heavy atom. The minimum atomic E-state index is -1.40.